The zero-order chi connectivity index (χ0) is 13.1. The monoisotopic (exact) mass is 357 g/mol. The number of aromatic nitrogens is 2. The SMILES string of the molecule is Cc1cccc(Oc2ncc(I)cn2)c1[N+](=O)[O-]. The predicted molar refractivity (Wildman–Crippen MR) is 72.7 cm³/mol. The molecule has 7 heteroatoms. The Morgan fingerprint density at radius 1 is 1.33 bits per heavy atom. The van der Waals surface area contributed by atoms with Crippen molar-refractivity contribution in [2.45, 2.75) is 6.92 Å². The number of halogens is 1. The first-order valence-electron chi connectivity index (χ1n) is 4.97. The van der Waals surface area contributed by atoms with Gasteiger partial charge in [-0.1, -0.05) is 12.1 Å². The molecule has 1 aromatic heterocycles. The largest absolute Gasteiger partial charge is 0.417 e. The molecule has 92 valence electrons. The van der Waals surface area contributed by atoms with E-state index in [9.17, 15) is 10.1 Å². The van der Waals surface area contributed by atoms with E-state index >= 15 is 0 Å². The second-order valence-electron chi connectivity index (χ2n) is 3.46. The minimum Gasteiger partial charge on any atom is -0.417 e. The molecule has 1 heterocycles. The van der Waals surface area contributed by atoms with Gasteiger partial charge in [0.15, 0.2) is 0 Å². The van der Waals surface area contributed by atoms with Gasteiger partial charge in [0, 0.05) is 21.5 Å². The summed E-state index contributed by atoms with van der Waals surface area (Å²) in [6, 6.07) is 4.94. The lowest BCUT2D eigenvalue weighted by atomic mass is 10.2. The maximum absolute atomic E-state index is 11.0. The number of nitro groups is 1. The summed E-state index contributed by atoms with van der Waals surface area (Å²) < 4.78 is 6.20. The van der Waals surface area contributed by atoms with E-state index in [0.717, 1.165) is 3.57 Å². The van der Waals surface area contributed by atoms with Crippen molar-refractivity contribution in [1.82, 2.24) is 9.97 Å². The van der Waals surface area contributed by atoms with Gasteiger partial charge in [0.2, 0.25) is 5.75 Å². The van der Waals surface area contributed by atoms with Crippen molar-refractivity contribution in [3.05, 3.63) is 49.8 Å². The summed E-state index contributed by atoms with van der Waals surface area (Å²) in [6.45, 7) is 1.65. The molecule has 2 aromatic rings. The number of hydrogen-bond donors (Lipinski definition) is 0. The van der Waals surface area contributed by atoms with Crippen molar-refractivity contribution in [3.8, 4) is 11.8 Å². The van der Waals surface area contributed by atoms with Crippen LogP contribution in [0.5, 0.6) is 11.8 Å². The van der Waals surface area contributed by atoms with Crippen molar-refractivity contribution >= 4 is 28.3 Å². The summed E-state index contributed by atoms with van der Waals surface area (Å²) in [6.07, 6.45) is 3.15. The third-order valence-electron chi connectivity index (χ3n) is 2.18. The zero-order valence-corrected chi connectivity index (χ0v) is 11.5. The van der Waals surface area contributed by atoms with E-state index in [0.29, 0.717) is 5.56 Å². The zero-order valence-electron chi connectivity index (χ0n) is 9.33. The molecule has 0 fully saturated rings. The van der Waals surface area contributed by atoms with Crippen LogP contribution in [0.2, 0.25) is 0 Å². The van der Waals surface area contributed by atoms with Crippen LogP contribution in [0.1, 0.15) is 5.56 Å². The lowest BCUT2D eigenvalue weighted by Gasteiger charge is -2.05. The molecule has 0 N–H and O–H groups in total. The van der Waals surface area contributed by atoms with Crippen molar-refractivity contribution in [2.24, 2.45) is 0 Å². The number of hydrogen-bond acceptors (Lipinski definition) is 5. The van der Waals surface area contributed by atoms with Crippen LogP contribution in [0.3, 0.4) is 0 Å². The number of nitrogens with zero attached hydrogens (tertiary/aromatic N) is 3. The van der Waals surface area contributed by atoms with Crippen molar-refractivity contribution in [3.63, 3.8) is 0 Å². The summed E-state index contributed by atoms with van der Waals surface area (Å²) in [5, 5.41) is 11.0. The van der Waals surface area contributed by atoms with Crippen LogP contribution in [0, 0.1) is 20.6 Å². The molecular weight excluding hydrogens is 349 g/mol. The van der Waals surface area contributed by atoms with Gasteiger partial charge >= 0.3 is 11.7 Å². The Balaban J connectivity index is 2.37. The summed E-state index contributed by atoms with van der Waals surface area (Å²) in [7, 11) is 0. The summed E-state index contributed by atoms with van der Waals surface area (Å²) in [5.41, 5.74) is 0.461. The molecule has 0 aliphatic heterocycles. The van der Waals surface area contributed by atoms with Gasteiger partial charge in [-0.3, -0.25) is 10.1 Å². The molecule has 0 aliphatic carbocycles. The molecular formula is C11H8IN3O3. The lowest BCUT2D eigenvalue weighted by Crippen LogP contribution is -1.98. The Labute approximate surface area is 116 Å². The van der Waals surface area contributed by atoms with Crippen LogP contribution in [0.25, 0.3) is 0 Å². The number of para-hydroxylation sites is 1. The first-order valence-corrected chi connectivity index (χ1v) is 6.05. The number of ether oxygens (including phenoxy) is 1. The van der Waals surface area contributed by atoms with E-state index in [1.165, 1.54) is 6.07 Å². The Morgan fingerprint density at radius 3 is 2.61 bits per heavy atom. The smallest absolute Gasteiger partial charge is 0.322 e. The summed E-state index contributed by atoms with van der Waals surface area (Å²) in [4.78, 5) is 18.4. The fourth-order valence-electron chi connectivity index (χ4n) is 1.40. The van der Waals surface area contributed by atoms with Gasteiger partial charge in [-0.2, -0.15) is 0 Å². The van der Waals surface area contributed by atoms with Crippen LogP contribution in [-0.2, 0) is 0 Å². The molecule has 0 aliphatic rings. The summed E-state index contributed by atoms with van der Waals surface area (Å²) >= 11 is 2.06. The third-order valence-corrected chi connectivity index (χ3v) is 2.74. The molecule has 2 rings (SSSR count). The van der Waals surface area contributed by atoms with E-state index in [1.807, 2.05) is 0 Å². The van der Waals surface area contributed by atoms with Crippen LogP contribution >= 0.6 is 22.6 Å². The van der Waals surface area contributed by atoms with Gasteiger partial charge < -0.3 is 4.74 Å². The highest BCUT2D eigenvalue weighted by Crippen LogP contribution is 2.32. The number of aryl methyl sites for hydroxylation is 1. The highest BCUT2D eigenvalue weighted by atomic mass is 127. The van der Waals surface area contributed by atoms with Gasteiger partial charge in [0.25, 0.3) is 0 Å². The third kappa shape index (κ3) is 2.73. The van der Waals surface area contributed by atoms with E-state index in [1.54, 1.807) is 31.5 Å². The maximum Gasteiger partial charge on any atom is 0.322 e. The quantitative estimate of drug-likeness (QED) is 0.479. The number of nitro benzene ring substituents is 1. The normalized spacial score (nSPS) is 10.1. The van der Waals surface area contributed by atoms with Gasteiger partial charge in [-0.15, -0.1) is 0 Å². The van der Waals surface area contributed by atoms with Gasteiger partial charge in [-0.25, -0.2) is 9.97 Å². The second kappa shape index (κ2) is 5.25. The van der Waals surface area contributed by atoms with Crippen molar-refractivity contribution in [1.29, 1.82) is 0 Å². The average Bonchev–Trinajstić information content (AvgIpc) is 2.32. The average molecular weight is 357 g/mol. The first kappa shape index (κ1) is 12.7. The highest BCUT2D eigenvalue weighted by molar-refractivity contribution is 14.1. The molecule has 0 radical (unpaired) electrons. The van der Waals surface area contributed by atoms with E-state index in [2.05, 4.69) is 32.6 Å². The van der Waals surface area contributed by atoms with Crippen LogP contribution in [0.15, 0.2) is 30.6 Å². The fraction of sp³-hybridized carbons (Fsp3) is 0.0909. The van der Waals surface area contributed by atoms with Crippen LogP contribution in [-0.4, -0.2) is 14.9 Å². The molecule has 0 bridgehead atoms. The lowest BCUT2D eigenvalue weighted by molar-refractivity contribution is -0.386. The summed E-state index contributed by atoms with van der Waals surface area (Å²) in [5.74, 6) is 0.140. The Bertz CT molecular complexity index is 587. The fourth-order valence-corrected chi connectivity index (χ4v) is 1.68. The Morgan fingerprint density at radius 2 is 2.00 bits per heavy atom. The Hall–Kier alpha value is -1.77. The number of benzene rings is 1. The minimum atomic E-state index is -0.475. The molecule has 0 atom stereocenters. The van der Waals surface area contributed by atoms with Crippen molar-refractivity contribution in [2.75, 3.05) is 0 Å². The molecule has 0 unspecified atom stereocenters. The number of rotatable bonds is 3. The van der Waals surface area contributed by atoms with Gasteiger partial charge in [-0.05, 0) is 35.6 Å². The molecule has 18 heavy (non-hydrogen) atoms. The van der Waals surface area contributed by atoms with Gasteiger partial charge in [0.05, 0.1) is 4.92 Å². The van der Waals surface area contributed by atoms with E-state index in [4.69, 9.17) is 4.74 Å². The van der Waals surface area contributed by atoms with Crippen LogP contribution in [0.4, 0.5) is 5.69 Å². The van der Waals surface area contributed by atoms with E-state index in [-0.39, 0.29) is 17.4 Å². The second-order valence-corrected chi connectivity index (χ2v) is 4.71. The Kier molecular flexibility index (Phi) is 3.70. The van der Waals surface area contributed by atoms with E-state index < -0.39 is 4.92 Å². The standard InChI is InChI=1S/C11H8IN3O3/c1-7-3-2-4-9(10(7)15(16)17)18-11-13-5-8(12)6-14-11/h2-6H,1H3. The van der Waals surface area contributed by atoms with Gasteiger partial charge in [0.1, 0.15) is 0 Å². The molecule has 6 nitrogen and oxygen atoms in total. The minimum absolute atomic E-state index is 0.0698. The maximum atomic E-state index is 11.0. The molecule has 1 aromatic carbocycles. The molecule has 0 saturated carbocycles. The highest BCUT2D eigenvalue weighted by Gasteiger charge is 2.19. The molecule has 0 saturated heterocycles. The topological polar surface area (TPSA) is 78.2 Å². The predicted octanol–water partition coefficient (Wildman–Crippen LogP) is 3.09. The van der Waals surface area contributed by atoms with Crippen LogP contribution < -0.4 is 4.74 Å². The first-order chi connectivity index (χ1) is 8.58. The molecule has 0 amide bonds. The molecule has 0 spiro atoms. The van der Waals surface area contributed by atoms with Crippen molar-refractivity contribution < 1.29 is 9.66 Å².